The van der Waals surface area contributed by atoms with Crippen molar-refractivity contribution in [1.82, 2.24) is 10.6 Å². The van der Waals surface area contributed by atoms with Gasteiger partial charge in [0, 0.05) is 12.2 Å². The molecular weight excluding hydrogens is 458 g/mol. The maximum Gasteiger partial charge on any atom is 0.322 e. The molecule has 13 heteroatoms. The number of benzene rings is 1. The first-order valence-corrected chi connectivity index (χ1v) is 10.7. The van der Waals surface area contributed by atoms with Crippen LogP contribution in [0, 0.1) is 0 Å². The lowest BCUT2D eigenvalue weighted by molar-refractivity contribution is -0.142. The fourth-order valence-electron chi connectivity index (χ4n) is 2.61. The van der Waals surface area contributed by atoms with Crippen LogP contribution < -0.4 is 16.4 Å². The number of carbonyl (C=O) groups is 5. The molecule has 8 N–H and O–H groups in total. The largest absolute Gasteiger partial charge is 0.480 e. The van der Waals surface area contributed by atoms with E-state index in [-0.39, 0.29) is 18.6 Å². The first-order valence-electron chi connectivity index (χ1n) is 9.76. The molecule has 0 aliphatic heterocycles. The number of thioether (sulfide) groups is 1. The summed E-state index contributed by atoms with van der Waals surface area (Å²) in [5.74, 6) is -5.95. The van der Waals surface area contributed by atoms with E-state index in [1.165, 1.54) is 19.1 Å². The highest BCUT2D eigenvalue weighted by Crippen LogP contribution is 2.38. The minimum atomic E-state index is -1.82. The Kier molecular flexibility index (Phi) is 10.8. The number of rotatable bonds is 14. The number of carboxylic acids is 3. The van der Waals surface area contributed by atoms with E-state index >= 15 is 0 Å². The third kappa shape index (κ3) is 8.71. The molecule has 4 atom stereocenters. The SMILES string of the molecule is CC(SCC(NC(=O)CCC(N)C(=O)O)C(=O)NCC(=O)O)(C(=O)O)C(O)c1ccccc1. The Balaban J connectivity index is 2.98. The second-order valence-electron chi connectivity index (χ2n) is 7.25. The molecule has 1 rings (SSSR count). The van der Waals surface area contributed by atoms with Crippen LogP contribution in [0.4, 0.5) is 0 Å². The highest BCUT2D eigenvalue weighted by Gasteiger charge is 2.43. The van der Waals surface area contributed by atoms with Gasteiger partial charge in [-0.05, 0) is 18.9 Å². The summed E-state index contributed by atoms with van der Waals surface area (Å²) in [5, 5.41) is 42.4. The van der Waals surface area contributed by atoms with Crippen LogP contribution in [-0.4, -0.2) is 79.3 Å². The molecule has 0 fully saturated rings. The summed E-state index contributed by atoms with van der Waals surface area (Å²) >= 11 is 0.686. The first-order chi connectivity index (χ1) is 15.4. The number of nitrogens with one attached hydrogen (secondary N) is 2. The maximum atomic E-state index is 12.4. The molecule has 0 aromatic heterocycles. The summed E-state index contributed by atoms with van der Waals surface area (Å²) in [7, 11) is 0. The topological polar surface area (TPSA) is 216 Å². The number of hydrogen-bond donors (Lipinski definition) is 7. The Labute approximate surface area is 193 Å². The van der Waals surface area contributed by atoms with Gasteiger partial charge in [0.25, 0.3) is 0 Å². The van der Waals surface area contributed by atoms with Crippen molar-refractivity contribution in [3.05, 3.63) is 35.9 Å². The minimum Gasteiger partial charge on any atom is -0.480 e. The van der Waals surface area contributed by atoms with Gasteiger partial charge in [0.1, 0.15) is 29.5 Å². The molecule has 2 amide bonds. The molecule has 182 valence electrons. The predicted octanol–water partition coefficient (Wildman–Crippen LogP) is -0.826. The Hall–Kier alpha value is -3.16. The lowest BCUT2D eigenvalue weighted by Crippen LogP contribution is -2.51. The van der Waals surface area contributed by atoms with Crippen molar-refractivity contribution in [1.29, 1.82) is 0 Å². The Morgan fingerprint density at radius 3 is 2.21 bits per heavy atom. The third-order valence-electron chi connectivity index (χ3n) is 4.68. The summed E-state index contributed by atoms with van der Waals surface area (Å²) in [6.07, 6.45) is -2.01. The summed E-state index contributed by atoms with van der Waals surface area (Å²) in [6, 6.07) is 5.36. The molecule has 0 aliphatic carbocycles. The van der Waals surface area contributed by atoms with Crippen molar-refractivity contribution in [2.75, 3.05) is 12.3 Å². The lowest BCUT2D eigenvalue weighted by Gasteiger charge is -2.31. The van der Waals surface area contributed by atoms with E-state index in [1.54, 1.807) is 18.2 Å². The van der Waals surface area contributed by atoms with E-state index in [0.717, 1.165) is 0 Å². The van der Waals surface area contributed by atoms with Crippen molar-refractivity contribution in [2.45, 2.75) is 42.7 Å². The van der Waals surface area contributed by atoms with Crippen LogP contribution >= 0.6 is 11.8 Å². The predicted molar refractivity (Wildman–Crippen MR) is 117 cm³/mol. The van der Waals surface area contributed by atoms with Crippen molar-refractivity contribution in [2.24, 2.45) is 5.73 Å². The van der Waals surface area contributed by atoms with Crippen molar-refractivity contribution in [3.63, 3.8) is 0 Å². The molecule has 1 aromatic carbocycles. The Morgan fingerprint density at radius 1 is 1.09 bits per heavy atom. The molecule has 0 saturated carbocycles. The molecule has 0 radical (unpaired) electrons. The number of aliphatic hydroxyl groups is 1. The molecule has 33 heavy (non-hydrogen) atoms. The van der Waals surface area contributed by atoms with Crippen LogP contribution in [-0.2, 0) is 24.0 Å². The Bertz CT molecular complexity index is 868. The summed E-state index contributed by atoms with van der Waals surface area (Å²) in [6.45, 7) is 0.528. The van der Waals surface area contributed by atoms with Gasteiger partial charge in [0.15, 0.2) is 0 Å². The zero-order valence-electron chi connectivity index (χ0n) is 17.8. The quantitative estimate of drug-likeness (QED) is 0.173. The smallest absolute Gasteiger partial charge is 0.322 e. The van der Waals surface area contributed by atoms with Crippen molar-refractivity contribution < 1.29 is 44.4 Å². The average molecular weight is 486 g/mol. The highest BCUT2D eigenvalue weighted by atomic mass is 32.2. The van der Waals surface area contributed by atoms with Gasteiger partial charge in [0.05, 0.1) is 0 Å². The van der Waals surface area contributed by atoms with Gasteiger partial charge in [-0.2, -0.15) is 0 Å². The molecule has 12 nitrogen and oxygen atoms in total. The van der Waals surface area contributed by atoms with Crippen LogP contribution in [0.5, 0.6) is 0 Å². The van der Waals surface area contributed by atoms with E-state index < -0.39 is 59.2 Å². The monoisotopic (exact) mass is 485 g/mol. The van der Waals surface area contributed by atoms with E-state index in [2.05, 4.69) is 10.6 Å². The second-order valence-corrected chi connectivity index (χ2v) is 8.72. The number of aliphatic carboxylic acids is 3. The molecule has 0 aliphatic rings. The maximum absolute atomic E-state index is 12.4. The standard InChI is InChI=1S/C20H27N3O9S/c1-20(19(31)32,16(27)11-5-3-2-4-6-11)33-10-13(17(28)22-9-15(25)26)23-14(24)8-7-12(21)18(29)30/h2-6,12-13,16,27H,7-10,21H2,1H3,(H,22,28)(H,23,24)(H,25,26)(H,29,30)(H,31,32). The summed E-state index contributed by atoms with van der Waals surface area (Å²) < 4.78 is -1.82. The zero-order chi connectivity index (χ0) is 25.2. The van der Waals surface area contributed by atoms with E-state index in [9.17, 15) is 34.2 Å². The van der Waals surface area contributed by atoms with Crippen LogP contribution in [0.1, 0.15) is 31.4 Å². The normalized spacial score (nSPS) is 15.4. The van der Waals surface area contributed by atoms with Gasteiger partial charge in [-0.1, -0.05) is 30.3 Å². The number of carbonyl (C=O) groups excluding carboxylic acids is 2. The minimum absolute atomic E-state index is 0.211. The molecule has 4 unspecified atom stereocenters. The van der Waals surface area contributed by atoms with Crippen LogP contribution in [0.3, 0.4) is 0 Å². The average Bonchev–Trinajstić information content (AvgIpc) is 2.77. The fraction of sp³-hybridized carbons (Fsp3) is 0.450. The van der Waals surface area contributed by atoms with Gasteiger partial charge in [-0.15, -0.1) is 11.8 Å². The zero-order valence-corrected chi connectivity index (χ0v) is 18.6. The van der Waals surface area contributed by atoms with E-state index in [1.807, 2.05) is 0 Å². The second kappa shape index (κ2) is 12.8. The van der Waals surface area contributed by atoms with Crippen LogP contribution in [0.15, 0.2) is 30.3 Å². The van der Waals surface area contributed by atoms with Gasteiger partial charge >= 0.3 is 17.9 Å². The summed E-state index contributed by atoms with van der Waals surface area (Å²) in [4.78, 5) is 58.2. The molecule has 1 aromatic rings. The number of hydrogen-bond acceptors (Lipinski definition) is 8. The van der Waals surface area contributed by atoms with Gasteiger partial charge < -0.3 is 36.8 Å². The number of nitrogens with two attached hydrogens (primary N) is 1. The van der Waals surface area contributed by atoms with Gasteiger partial charge in [-0.25, -0.2) is 0 Å². The lowest BCUT2D eigenvalue weighted by atomic mass is 9.97. The highest BCUT2D eigenvalue weighted by molar-refractivity contribution is 8.01. The molecule has 0 bridgehead atoms. The van der Waals surface area contributed by atoms with Crippen molar-refractivity contribution >= 4 is 41.5 Å². The van der Waals surface area contributed by atoms with Crippen LogP contribution in [0.25, 0.3) is 0 Å². The summed E-state index contributed by atoms with van der Waals surface area (Å²) in [5.41, 5.74) is 5.68. The first kappa shape index (κ1) is 27.9. The number of amides is 2. The van der Waals surface area contributed by atoms with Crippen LogP contribution in [0.2, 0.25) is 0 Å². The number of aliphatic hydroxyl groups excluding tert-OH is 1. The molecule has 0 spiro atoms. The molecule has 0 saturated heterocycles. The fourth-order valence-corrected chi connectivity index (χ4v) is 3.78. The third-order valence-corrected chi connectivity index (χ3v) is 6.17. The van der Waals surface area contributed by atoms with Gasteiger partial charge in [0.2, 0.25) is 11.8 Å². The Morgan fingerprint density at radius 2 is 1.70 bits per heavy atom. The van der Waals surface area contributed by atoms with E-state index in [4.69, 9.17) is 15.9 Å². The van der Waals surface area contributed by atoms with Crippen molar-refractivity contribution in [3.8, 4) is 0 Å². The van der Waals surface area contributed by atoms with Gasteiger partial charge in [-0.3, -0.25) is 24.0 Å². The van der Waals surface area contributed by atoms with E-state index in [0.29, 0.717) is 17.3 Å². The molecular formula is C20H27N3O9S. The molecule has 0 heterocycles. The number of carboxylic acid groups (broad SMARTS) is 3.